The third-order valence-electron chi connectivity index (χ3n) is 6.56. The Morgan fingerprint density at radius 3 is 2.54 bits per heavy atom. The Morgan fingerprint density at radius 1 is 1.15 bits per heavy atom. The van der Waals surface area contributed by atoms with Crippen molar-refractivity contribution in [3.05, 3.63) is 68.9 Å². The predicted molar refractivity (Wildman–Crippen MR) is 149 cm³/mol. The highest BCUT2D eigenvalue weighted by atomic mass is 16.6. The molecule has 1 aliphatic heterocycles. The summed E-state index contributed by atoms with van der Waals surface area (Å²) in [7, 11) is 1.55. The van der Waals surface area contributed by atoms with Gasteiger partial charge in [0.25, 0.3) is 5.56 Å². The highest BCUT2D eigenvalue weighted by Gasteiger charge is 2.29. The highest BCUT2D eigenvalue weighted by Crippen LogP contribution is 2.24. The van der Waals surface area contributed by atoms with Gasteiger partial charge in [-0.2, -0.15) is 4.98 Å². The molecule has 1 aromatic carbocycles. The van der Waals surface area contributed by atoms with Crippen LogP contribution in [0.5, 0.6) is 0 Å². The first-order valence-electron chi connectivity index (χ1n) is 13.1. The monoisotopic (exact) mass is 536 g/mol. The number of allylic oxidation sites excluding steroid dienone is 2. The molecule has 0 spiro atoms. The minimum atomic E-state index is -0.609. The molecular formula is C28H36N6O5. The van der Waals surface area contributed by atoms with E-state index in [0.29, 0.717) is 31.1 Å². The molecule has 11 nitrogen and oxygen atoms in total. The molecule has 1 N–H and O–H groups in total. The Balaban J connectivity index is 1.73. The molecule has 0 radical (unpaired) electrons. The number of ketones is 1. The van der Waals surface area contributed by atoms with Crippen molar-refractivity contribution in [2.24, 2.45) is 7.05 Å². The molecule has 39 heavy (non-hydrogen) atoms. The lowest BCUT2D eigenvalue weighted by Gasteiger charge is -2.34. The summed E-state index contributed by atoms with van der Waals surface area (Å²) < 4.78 is 9.47. The van der Waals surface area contributed by atoms with Crippen LogP contribution in [0, 0.1) is 0 Å². The number of hydrogen-bond acceptors (Lipinski definition) is 7. The molecule has 1 unspecified atom stereocenters. The van der Waals surface area contributed by atoms with Crippen molar-refractivity contribution >= 4 is 29.0 Å². The molecule has 1 amide bonds. The Kier molecular flexibility index (Phi) is 8.08. The van der Waals surface area contributed by atoms with E-state index in [0.717, 1.165) is 17.4 Å². The molecule has 3 heterocycles. The molecule has 4 rings (SSSR count). The first-order chi connectivity index (χ1) is 18.5. The van der Waals surface area contributed by atoms with Gasteiger partial charge in [0.15, 0.2) is 16.9 Å². The van der Waals surface area contributed by atoms with Crippen LogP contribution in [0.3, 0.4) is 0 Å². The number of carbonyl (C=O) groups is 2. The third-order valence-corrected chi connectivity index (χ3v) is 6.56. The summed E-state index contributed by atoms with van der Waals surface area (Å²) in [5, 5.41) is 2.94. The summed E-state index contributed by atoms with van der Waals surface area (Å²) in [6.07, 6.45) is 4.86. The standard InChI is InChI=1S/C28H36N6O5/c1-6-7-16-33-22-23(30-25(33)32-15-11-14-20(17-32)29-26(37)39-28(2,3)4)31(5)27(38)34(24(22)36)18-21(35)19-12-9-8-10-13-19/h6-10,12-13,20H,11,14-18H2,1-5H3,(H,29,37). The van der Waals surface area contributed by atoms with E-state index >= 15 is 0 Å². The quantitative estimate of drug-likeness (QED) is 0.364. The van der Waals surface area contributed by atoms with Gasteiger partial charge in [-0.15, -0.1) is 0 Å². The molecule has 0 aliphatic carbocycles. The van der Waals surface area contributed by atoms with Crippen LogP contribution < -0.4 is 21.5 Å². The number of nitrogens with one attached hydrogen (secondary N) is 1. The number of carbonyl (C=O) groups excluding carboxylic acids is 2. The van der Waals surface area contributed by atoms with E-state index in [2.05, 4.69) is 5.32 Å². The molecule has 1 aliphatic rings. The van der Waals surface area contributed by atoms with Gasteiger partial charge < -0.3 is 19.5 Å². The summed E-state index contributed by atoms with van der Waals surface area (Å²) in [6.45, 7) is 8.43. The molecule has 3 aromatic rings. The number of aromatic nitrogens is 4. The molecule has 0 bridgehead atoms. The summed E-state index contributed by atoms with van der Waals surface area (Å²) in [4.78, 5) is 58.9. The fourth-order valence-electron chi connectivity index (χ4n) is 4.73. The molecule has 1 fully saturated rings. The summed E-state index contributed by atoms with van der Waals surface area (Å²) in [6, 6.07) is 8.40. The lowest BCUT2D eigenvalue weighted by Crippen LogP contribution is -2.49. The Bertz CT molecular complexity index is 1510. The molecule has 11 heteroatoms. The van der Waals surface area contributed by atoms with Crippen molar-refractivity contribution in [3.63, 3.8) is 0 Å². The van der Waals surface area contributed by atoms with Crippen molar-refractivity contribution < 1.29 is 14.3 Å². The highest BCUT2D eigenvalue weighted by molar-refractivity contribution is 5.96. The van der Waals surface area contributed by atoms with Crippen molar-refractivity contribution in [2.45, 2.75) is 65.3 Å². The summed E-state index contributed by atoms with van der Waals surface area (Å²) in [5.74, 6) is 0.194. The van der Waals surface area contributed by atoms with Crippen molar-refractivity contribution in [2.75, 3.05) is 18.0 Å². The van der Waals surface area contributed by atoms with Gasteiger partial charge in [0.1, 0.15) is 5.60 Å². The van der Waals surface area contributed by atoms with Crippen LogP contribution in [0.25, 0.3) is 11.2 Å². The van der Waals surface area contributed by atoms with Crippen molar-refractivity contribution in [1.82, 2.24) is 24.0 Å². The number of amides is 1. The Hall–Kier alpha value is -4.15. The number of piperidine rings is 1. The number of fused-ring (bicyclic) bond motifs is 1. The van der Waals surface area contributed by atoms with Gasteiger partial charge in [0.2, 0.25) is 5.95 Å². The van der Waals surface area contributed by atoms with Crippen LogP contribution in [0.2, 0.25) is 0 Å². The van der Waals surface area contributed by atoms with E-state index < -0.39 is 22.9 Å². The van der Waals surface area contributed by atoms with E-state index in [1.807, 2.05) is 44.7 Å². The van der Waals surface area contributed by atoms with Crippen molar-refractivity contribution in [3.8, 4) is 0 Å². The van der Waals surface area contributed by atoms with Gasteiger partial charge in [0.05, 0.1) is 6.54 Å². The number of aryl methyl sites for hydroxylation is 1. The average molecular weight is 537 g/mol. The van der Waals surface area contributed by atoms with Gasteiger partial charge in [-0.05, 0) is 40.5 Å². The number of rotatable bonds is 7. The van der Waals surface area contributed by atoms with E-state index in [1.54, 1.807) is 41.9 Å². The number of benzene rings is 1. The van der Waals surface area contributed by atoms with Crippen LogP contribution in [0.4, 0.5) is 10.7 Å². The first-order valence-corrected chi connectivity index (χ1v) is 13.1. The predicted octanol–water partition coefficient (Wildman–Crippen LogP) is 2.85. The van der Waals surface area contributed by atoms with E-state index in [9.17, 15) is 19.2 Å². The maximum absolute atomic E-state index is 13.7. The largest absolute Gasteiger partial charge is 0.444 e. The van der Waals surface area contributed by atoms with Crippen LogP contribution in [-0.4, -0.2) is 55.3 Å². The zero-order chi connectivity index (χ0) is 28.3. The lowest BCUT2D eigenvalue weighted by atomic mass is 10.1. The minimum Gasteiger partial charge on any atom is -0.444 e. The molecule has 1 atom stereocenters. The second-order valence-electron chi connectivity index (χ2n) is 10.7. The second kappa shape index (κ2) is 11.3. The second-order valence-corrected chi connectivity index (χ2v) is 10.7. The molecule has 1 saturated heterocycles. The minimum absolute atomic E-state index is 0.174. The molecule has 2 aromatic heterocycles. The van der Waals surface area contributed by atoms with Crippen LogP contribution >= 0.6 is 0 Å². The zero-order valence-electron chi connectivity index (χ0n) is 23.1. The van der Waals surface area contributed by atoms with Gasteiger partial charge in [0, 0.05) is 38.3 Å². The lowest BCUT2D eigenvalue weighted by molar-refractivity contribution is 0.0499. The molecule has 208 valence electrons. The zero-order valence-corrected chi connectivity index (χ0v) is 23.1. The van der Waals surface area contributed by atoms with Gasteiger partial charge >= 0.3 is 11.8 Å². The van der Waals surface area contributed by atoms with Gasteiger partial charge in [-0.1, -0.05) is 42.5 Å². The molecule has 0 saturated carbocycles. The van der Waals surface area contributed by atoms with E-state index in [-0.39, 0.29) is 29.5 Å². The number of alkyl carbamates (subject to hydrolysis) is 1. The number of ether oxygens (including phenoxy) is 1. The maximum Gasteiger partial charge on any atom is 0.407 e. The Labute approximate surface area is 226 Å². The number of anilines is 1. The van der Waals surface area contributed by atoms with E-state index in [1.165, 1.54) is 4.57 Å². The van der Waals surface area contributed by atoms with Gasteiger partial charge in [-0.3, -0.25) is 18.7 Å². The van der Waals surface area contributed by atoms with Crippen molar-refractivity contribution in [1.29, 1.82) is 0 Å². The maximum atomic E-state index is 13.7. The smallest absolute Gasteiger partial charge is 0.407 e. The van der Waals surface area contributed by atoms with Crippen LogP contribution in [0.1, 0.15) is 50.9 Å². The van der Waals surface area contributed by atoms with E-state index in [4.69, 9.17) is 9.72 Å². The fraction of sp³-hybridized carbons (Fsp3) is 0.464. The Morgan fingerprint density at radius 2 is 1.87 bits per heavy atom. The fourth-order valence-corrected chi connectivity index (χ4v) is 4.73. The first kappa shape index (κ1) is 27.9. The van der Waals surface area contributed by atoms with Gasteiger partial charge in [-0.25, -0.2) is 9.59 Å². The average Bonchev–Trinajstić information content (AvgIpc) is 3.28. The number of hydrogen-bond donors (Lipinski definition) is 1. The topological polar surface area (TPSA) is 120 Å². The number of imidazole rings is 1. The number of nitrogens with zero attached hydrogens (tertiary/aromatic N) is 5. The summed E-state index contributed by atoms with van der Waals surface area (Å²) in [5.41, 5.74) is -0.871. The van der Waals surface area contributed by atoms with Crippen LogP contribution in [-0.2, 0) is 24.9 Å². The normalized spacial score (nSPS) is 16.1. The summed E-state index contributed by atoms with van der Waals surface area (Å²) >= 11 is 0. The molecular weight excluding hydrogens is 500 g/mol. The third kappa shape index (κ3) is 6.13. The number of Topliss-reactive ketones (excluding diaryl/α,β-unsaturated/α-hetero) is 1. The van der Waals surface area contributed by atoms with Crippen LogP contribution in [0.15, 0.2) is 52.1 Å². The SMILES string of the molecule is CC=CCn1c(N2CCCC(NC(=O)OC(C)(C)C)C2)nc2c1c(=O)n(CC(=O)c1ccccc1)c(=O)n2C.